The van der Waals surface area contributed by atoms with E-state index in [1.807, 2.05) is 27.7 Å². The molecule has 0 aromatic carbocycles. The SMILES string of the molecule is CCC(C)OC(=O)CCC1C(CCC(=O)OC(C)CC)C2CC1C1C3C=CC(C3)C21. The van der Waals surface area contributed by atoms with Crippen LogP contribution in [0.1, 0.15) is 79.1 Å². The van der Waals surface area contributed by atoms with Gasteiger partial charge in [0.1, 0.15) is 0 Å². The smallest absolute Gasteiger partial charge is 0.306 e. The summed E-state index contributed by atoms with van der Waals surface area (Å²) in [5.74, 6) is 5.65. The summed E-state index contributed by atoms with van der Waals surface area (Å²) in [7, 11) is 0. The van der Waals surface area contributed by atoms with E-state index in [2.05, 4.69) is 12.2 Å². The van der Waals surface area contributed by atoms with Gasteiger partial charge >= 0.3 is 11.9 Å². The Morgan fingerprint density at radius 2 is 1.23 bits per heavy atom. The predicted molar refractivity (Wildman–Crippen MR) is 116 cm³/mol. The highest BCUT2D eigenvalue weighted by Crippen LogP contribution is 2.69. The first-order chi connectivity index (χ1) is 14.4. The summed E-state index contributed by atoms with van der Waals surface area (Å²) in [4.78, 5) is 24.7. The average molecular weight is 417 g/mol. The lowest BCUT2D eigenvalue weighted by Crippen LogP contribution is -2.37. The molecule has 10 unspecified atom stereocenters. The standard InChI is InChI=1S/C26H40O4/c1-5-15(3)29-23(27)11-9-19-20(10-12-24(28)30-16(4)6-2)22-14-21(19)25-17-7-8-18(13-17)26(22)25/h7-8,15-22,25-26H,5-6,9-14H2,1-4H3. The van der Waals surface area contributed by atoms with Crippen molar-refractivity contribution in [2.75, 3.05) is 0 Å². The van der Waals surface area contributed by atoms with Gasteiger partial charge in [0.25, 0.3) is 0 Å². The van der Waals surface area contributed by atoms with Gasteiger partial charge in [-0.3, -0.25) is 9.59 Å². The molecule has 0 amide bonds. The second kappa shape index (κ2) is 9.04. The molecule has 4 heteroatoms. The third kappa shape index (κ3) is 4.08. The average Bonchev–Trinajstić information content (AvgIpc) is 3.49. The highest BCUT2D eigenvalue weighted by molar-refractivity contribution is 5.70. The van der Waals surface area contributed by atoms with Gasteiger partial charge in [-0.2, -0.15) is 0 Å². The third-order valence-electron chi connectivity index (χ3n) is 8.94. The summed E-state index contributed by atoms with van der Waals surface area (Å²) in [5, 5.41) is 0. The van der Waals surface area contributed by atoms with Crippen molar-refractivity contribution in [1.29, 1.82) is 0 Å². The van der Waals surface area contributed by atoms with Gasteiger partial charge in [-0.25, -0.2) is 0 Å². The largest absolute Gasteiger partial charge is 0.463 e. The second-order valence-corrected chi connectivity index (χ2v) is 10.5. The van der Waals surface area contributed by atoms with Crippen molar-refractivity contribution >= 4 is 11.9 Å². The van der Waals surface area contributed by atoms with Crippen molar-refractivity contribution in [3.63, 3.8) is 0 Å². The monoisotopic (exact) mass is 416 g/mol. The van der Waals surface area contributed by atoms with Gasteiger partial charge in [0.2, 0.25) is 0 Å². The number of hydrogen-bond donors (Lipinski definition) is 0. The van der Waals surface area contributed by atoms with Gasteiger partial charge < -0.3 is 9.47 Å². The van der Waals surface area contributed by atoms with Gasteiger partial charge in [-0.05, 0) is 99.7 Å². The number of rotatable bonds is 10. The van der Waals surface area contributed by atoms with Crippen LogP contribution in [0.3, 0.4) is 0 Å². The van der Waals surface area contributed by atoms with E-state index in [1.165, 1.54) is 12.8 Å². The number of fused-ring (bicyclic) bond motifs is 9. The highest BCUT2D eigenvalue weighted by Gasteiger charge is 2.63. The topological polar surface area (TPSA) is 52.6 Å². The Morgan fingerprint density at radius 1 is 0.800 bits per heavy atom. The van der Waals surface area contributed by atoms with Crippen molar-refractivity contribution in [3.8, 4) is 0 Å². The summed E-state index contributed by atoms with van der Waals surface area (Å²) in [6.45, 7) is 8.02. The van der Waals surface area contributed by atoms with Crippen molar-refractivity contribution in [1.82, 2.24) is 0 Å². The highest BCUT2D eigenvalue weighted by atomic mass is 16.5. The number of allylic oxidation sites excluding steroid dienone is 2. The van der Waals surface area contributed by atoms with Crippen LogP contribution in [0.2, 0.25) is 0 Å². The molecule has 0 aliphatic heterocycles. The molecule has 4 bridgehead atoms. The predicted octanol–water partition coefficient (Wildman–Crippen LogP) is 5.55. The van der Waals surface area contributed by atoms with E-state index in [9.17, 15) is 9.59 Å². The molecule has 0 heterocycles. The molecule has 0 aromatic rings. The lowest BCUT2D eigenvalue weighted by Gasteiger charge is -2.42. The number of esters is 2. The molecule has 30 heavy (non-hydrogen) atoms. The minimum atomic E-state index is -0.0496. The number of carbonyl (C=O) groups is 2. The van der Waals surface area contributed by atoms with E-state index in [0.29, 0.717) is 24.7 Å². The third-order valence-corrected chi connectivity index (χ3v) is 8.94. The van der Waals surface area contributed by atoms with Crippen LogP contribution in [0.25, 0.3) is 0 Å². The van der Waals surface area contributed by atoms with Crippen LogP contribution in [0, 0.1) is 47.3 Å². The molecule has 0 N–H and O–H groups in total. The molecule has 4 nitrogen and oxygen atoms in total. The van der Waals surface area contributed by atoms with E-state index in [1.54, 1.807) is 0 Å². The van der Waals surface area contributed by atoms with Gasteiger partial charge in [0, 0.05) is 12.8 Å². The van der Waals surface area contributed by atoms with Crippen LogP contribution >= 0.6 is 0 Å². The molecule has 10 atom stereocenters. The van der Waals surface area contributed by atoms with Crippen molar-refractivity contribution in [2.24, 2.45) is 47.3 Å². The van der Waals surface area contributed by atoms with Crippen LogP contribution in [0.15, 0.2) is 12.2 Å². The van der Waals surface area contributed by atoms with Crippen LogP contribution in [0.5, 0.6) is 0 Å². The molecule has 3 saturated carbocycles. The fourth-order valence-corrected chi connectivity index (χ4v) is 7.45. The van der Waals surface area contributed by atoms with E-state index < -0.39 is 0 Å². The summed E-state index contributed by atoms with van der Waals surface area (Å²) >= 11 is 0. The van der Waals surface area contributed by atoms with Crippen LogP contribution in [-0.4, -0.2) is 24.1 Å². The van der Waals surface area contributed by atoms with E-state index in [0.717, 1.165) is 61.2 Å². The zero-order chi connectivity index (χ0) is 21.4. The minimum Gasteiger partial charge on any atom is -0.463 e. The van der Waals surface area contributed by atoms with Gasteiger partial charge in [0.05, 0.1) is 12.2 Å². The summed E-state index contributed by atoms with van der Waals surface area (Å²) in [6, 6.07) is 0. The maximum atomic E-state index is 12.4. The van der Waals surface area contributed by atoms with Gasteiger partial charge in [-0.15, -0.1) is 0 Å². The zero-order valence-electron chi connectivity index (χ0n) is 19.2. The Hall–Kier alpha value is -1.32. The van der Waals surface area contributed by atoms with Crippen molar-refractivity contribution in [2.45, 2.75) is 91.3 Å². The lowest BCUT2D eigenvalue weighted by molar-refractivity contribution is -0.150. The second-order valence-electron chi connectivity index (χ2n) is 10.5. The Labute approximate surface area is 182 Å². The molecule has 4 aliphatic carbocycles. The molecule has 0 spiro atoms. The normalized spacial score (nSPS) is 39.7. The minimum absolute atomic E-state index is 0.00346. The molecule has 3 fully saturated rings. The Kier molecular flexibility index (Phi) is 6.60. The number of hydrogen-bond acceptors (Lipinski definition) is 4. The van der Waals surface area contributed by atoms with E-state index in [-0.39, 0.29) is 24.1 Å². The molecular formula is C26H40O4. The Morgan fingerprint density at radius 3 is 1.63 bits per heavy atom. The first kappa shape index (κ1) is 21.9. The lowest BCUT2D eigenvalue weighted by atomic mass is 9.63. The Balaban J connectivity index is 1.40. The maximum absolute atomic E-state index is 12.4. The molecule has 168 valence electrons. The first-order valence-corrected chi connectivity index (χ1v) is 12.5. The zero-order valence-corrected chi connectivity index (χ0v) is 19.2. The molecule has 0 saturated heterocycles. The van der Waals surface area contributed by atoms with Crippen LogP contribution in [-0.2, 0) is 19.1 Å². The van der Waals surface area contributed by atoms with Crippen LogP contribution in [0.4, 0.5) is 0 Å². The molecule has 4 aliphatic rings. The molecule has 0 radical (unpaired) electrons. The summed E-state index contributed by atoms with van der Waals surface area (Å²) < 4.78 is 11.1. The molecular weight excluding hydrogens is 376 g/mol. The number of carbonyl (C=O) groups excluding carboxylic acids is 2. The van der Waals surface area contributed by atoms with Gasteiger partial charge in [-0.1, -0.05) is 26.0 Å². The van der Waals surface area contributed by atoms with Crippen LogP contribution < -0.4 is 0 Å². The number of ether oxygens (including phenoxy) is 2. The summed E-state index contributed by atoms with van der Waals surface area (Å²) in [5.41, 5.74) is 0. The van der Waals surface area contributed by atoms with Gasteiger partial charge in [0.15, 0.2) is 0 Å². The first-order valence-electron chi connectivity index (χ1n) is 12.5. The maximum Gasteiger partial charge on any atom is 0.306 e. The fraction of sp³-hybridized carbons (Fsp3) is 0.846. The van der Waals surface area contributed by atoms with Crippen molar-refractivity contribution in [3.05, 3.63) is 12.2 Å². The summed E-state index contributed by atoms with van der Waals surface area (Å²) in [6.07, 6.45) is 12.2. The van der Waals surface area contributed by atoms with Crippen molar-refractivity contribution < 1.29 is 19.1 Å². The molecule has 4 rings (SSSR count). The quantitative estimate of drug-likeness (QED) is 0.266. The Bertz CT molecular complexity index is 616. The fourth-order valence-electron chi connectivity index (χ4n) is 7.45. The van der Waals surface area contributed by atoms with E-state index >= 15 is 0 Å². The van der Waals surface area contributed by atoms with E-state index in [4.69, 9.17) is 9.47 Å². The molecule has 0 aromatic heterocycles.